The van der Waals surface area contributed by atoms with E-state index in [1.165, 1.54) is 0 Å². The average molecular weight is 350 g/mol. The molecule has 3 rings (SSSR count). The van der Waals surface area contributed by atoms with Crippen LogP contribution in [0.5, 0.6) is 0 Å². The van der Waals surface area contributed by atoms with Gasteiger partial charge in [-0.3, -0.25) is 9.47 Å². The predicted molar refractivity (Wildman–Crippen MR) is 87.6 cm³/mol. The summed E-state index contributed by atoms with van der Waals surface area (Å²) in [6.07, 6.45) is 4.47. The largest absolute Gasteiger partial charge is 0.334 e. The van der Waals surface area contributed by atoms with E-state index in [0.717, 1.165) is 11.4 Å². The van der Waals surface area contributed by atoms with Crippen molar-refractivity contribution in [3.8, 4) is 5.82 Å². The van der Waals surface area contributed by atoms with Crippen LogP contribution in [0, 0.1) is 0 Å². The summed E-state index contributed by atoms with van der Waals surface area (Å²) in [5.74, 6) is 0.727. The number of hydrogen-bond donors (Lipinski definition) is 1. The van der Waals surface area contributed by atoms with Crippen LogP contribution in [-0.4, -0.2) is 69.5 Å². The first kappa shape index (κ1) is 17.3. The Balaban J connectivity index is 1.49. The molecular formula is C16H20F2N6O. The Kier molecular flexibility index (Phi) is 5.54. The maximum Gasteiger partial charge on any atom is 0.317 e. The van der Waals surface area contributed by atoms with E-state index in [-0.39, 0.29) is 12.6 Å². The molecule has 2 aromatic heterocycles. The molecule has 25 heavy (non-hydrogen) atoms. The molecule has 1 aliphatic heterocycles. The van der Waals surface area contributed by atoms with E-state index in [1.54, 1.807) is 39.3 Å². The lowest BCUT2D eigenvalue weighted by molar-refractivity contribution is 0.0636. The zero-order chi connectivity index (χ0) is 17.6. The Labute approximate surface area is 144 Å². The van der Waals surface area contributed by atoms with E-state index < -0.39 is 6.43 Å². The number of hydrogen-bond acceptors (Lipinski definition) is 4. The smallest absolute Gasteiger partial charge is 0.317 e. The number of rotatable bonds is 5. The highest BCUT2D eigenvalue weighted by Gasteiger charge is 2.22. The Hall–Kier alpha value is -2.55. The third-order valence-electron chi connectivity index (χ3n) is 4.08. The normalized spacial score (nSPS) is 15.6. The summed E-state index contributed by atoms with van der Waals surface area (Å²) in [6, 6.07) is 3.53. The van der Waals surface area contributed by atoms with Crippen LogP contribution in [0.2, 0.25) is 0 Å². The highest BCUT2D eigenvalue weighted by Crippen LogP contribution is 2.08. The van der Waals surface area contributed by atoms with Gasteiger partial charge in [0.1, 0.15) is 12.1 Å². The second-order valence-electron chi connectivity index (χ2n) is 5.83. The van der Waals surface area contributed by atoms with Gasteiger partial charge in [0, 0.05) is 51.3 Å². The third-order valence-corrected chi connectivity index (χ3v) is 4.08. The number of imidazole rings is 1. The molecule has 134 valence electrons. The first-order valence-electron chi connectivity index (χ1n) is 8.08. The molecule has 2 amide bonds. The van der Waals surface area contributed by atoms with E-state index in [0.29, 0.717) is 32.7 Å². The summed E-state index contributed by atoms with van der Waals surface area (Å²) in [7, 11) is 0. The average Bonchev–Trinajstić information content (AvgIpc) is 3.15. The quantitative estimate of drug-likeness (QED) is 0.884. The Morgan fingerprint density at radius 3 is 2.72 bits per heavy atom. The molecular weight excluding hydrogens is 330 g/mol. The zero-order valence-electron chi connectivity index (χ0n) is 13.7. The van der Waals surface area contributed by atoms with Crippen LogP contribution in [0.1, 0.15) is 5.56 Å². The summed E-state index contributed by atoms with van der Waals surface area (Å²) in [5, 5.41) is 2.86. The van der Waals surface area contributed by atoms with Gasteiger partial charge in [0.25, 0.3) is 6.43 Å². The van der Waals surface area contributed by atoms with Crippen LogP contribution in [0.15, 0.2) is 37.1 Å². The first-order valence-corrected chi connectivity index (χ1v) is 8.08. The molecule has 0 spiro atoms. The number of amides is 2. The lowest BCUT2D eigenvalue weighted by Crippen LogP contribution is -2.52. The van der Waals surface area contributed by atoms with Crippen molar-refractivity contribution >= 4 is 6.03 Å². The number of carbonyl (C=O) groups excluding carboxylic acids is 1. The Morgan fingerprint density at radius 2 is 2.04 bits per heavy atom. The molecule has 0 atom stereocenters. The van der Waals surface area contributed by atoms with E-state index in [9.17, 15) is 13.6 Å². The fourth-order valence-electron chi connectivity index (χ4n) is 2.72. The van der Waals surface area contributed by atoms with Crippen LogP contribution >= 0.6 is 0 Å². The number of carbonyl (C=O) groups is 1. The van der Waals surface area contributed by atoms with Crippen molar-refractivity contribution in [3.63, 3.8) is 0 Å². The number of piperazine rings is 1. The van der Waals surface area contributed by atoms with Gasteiger partial charge < -0.3 is 10.2 Å². The molecule has 1 fully saturated rings. The SMILES string of the molecule is O=C(NCc1ccnc(-n2ccnc2)c1)N1CCN(CC(F)F)CC1. The topological polar surface area (TPSA) is 66.3 Å². The van der Waals surface area contributed by atoms with Crippen molar-refractivity contribution in [3.05, 3.63) is 42.6 Å². The lowest BCUT2D eigenvalue weighted by atomic mass is 10.2. The molecule has 0 saturated carbocycles. The molecule has 9 heteroatoms. The summed E-state index contributed by atoms with van der Waals surface area (Å²) >= 11 is 0. The minimum atomic E-state index is -2.34. The Bertz CT molecular complexity index is 686. The molecule has 2 aromatic rings. The van der Waals surface area contributed by atoms with E-state index in [1.807, 2.05) is 12.1 Å². The van der Waals surface area contributed by atoms with E-state index >= 15 is 0 Å². The van der Waals surface area contributed by atoms with E-state index in [2.05, 4.69) is 15.3 Å². The number of pyridine rings is 1. The summed E-state index contributed by atoms with van der Waals surface area (Å²) in [6.45, 7) is 1.99. The van der Waals surface area contributed by atoms with Crippen molar-refractivity contribution in [2.45, 2.75) is 13.0 Å². The van der Waals surface area contributed by atoms with Crippen LogP contribution in [0.25, 0.3) is 5.82 Å². The molecule has 0 unspecified atom stereocenters. The highest BCUT2D eigenvalue weighted by atomic mass is 19.3. The summed E-state index contributed by atoms with van der Waals surface area (Å²) in [4.78, 5) is 23.8. The second kappa shape index (κ2) is 8.02. The van der Waals surface area contributed by atoms with Gasteiger partial charge in [0.2, 0.25) is 0 Å². The maximum atomic E-state index is 12.4. The van der Waals surface area contributed by atoms with Gasteiger partial charge >= 0.3 is 6.03 Å². The van der Waals surface area contributed by atoms with Crippen LogP contribution < -0.4 is 5.32 Å². The fourth-order valence-corrected chi connectivity index (χ4v) is 2.72. The number of halogens is 2. The minimum absolute atomic E-state index is 0.183. The predicted octanol–water partition coefficient (Wildman–Crippen LogP) is 1.36. The van der Waals surface area contributed by atoms with Crippen LogP contribution in [0.3, 0.4) is 0 Å². The summed E-state index contributed by atoms with van der Waals surface area (Å²) < 4.78 is 26.5. The van der Waals surface area contributed by atoms with Gasteiger partial charge in [-0.05, 0) is 17.7 Å². The molecule has 0 radical (unpaired) electrons. The fraction of sp³-hybridized carbons (Fsp3) is 0.438. The number of nitrogens with one attached hydrogen (secondary N) is 1. The molecule has 0 bridgehead atoms. The molecule has 1 saturated heterocycles. The van der Waals surface area contributed by atoms with Crippen molar-refractivity contribution in [2.24, 2.45) is 0 Å². The highest BCUT2D eigenvalue weighted by molar-refractivity contribution is 5.74. The van der Waals surface area contributed by atoms with Gasteiger partial charge in [0.15, 0.2) is 0 Å². The van der Waals surface area contributed by atoms with Gasteiger partial charge in [-0.15, -0.1) is 0 Å². The number of nitrogens with zero attached hydrogens (tertiary/aromatic N) is 5. The standard InChI is InChI=1S/C16H20F2N6O/c17-14(18)11-22-5-7-23(8-6-22)16(25)21-10-13-1-2-20-15(9-13)24-4-3-19-12-24/h1-4,9,12,14H,5-8,10-11H2,(H,21,25). The monoisotopic (exact) mass is 350 g/mol. The third kappa shape index (κ3) is 4.72. The second-order valence-corrected chi connectivity index (χ2v) is 5.83. The van der Waals surface area contributed by atoms with Gasteiger partial charge in [-0.1, -0.05) is 0 Å². The van der Waals surface area contributed by atoms with Crippen molar-refractivity contribution < 1.29 is 13.6 Å². The van der Waals surface area contributed by atoms with Gasteiger partial charge in [-0.2, -0.15) is 0 Å². The van der Waals surface area contributed by atoms with Crippen molar-refractivity contribution in [2.75, 3.05) is 32.7 Å². The molecule has 0 aromatic carbocycles. The van der Waals surface area contributed by atoms with E-state index in [4.69, 9.17) is 0 Å². The summed E-state index contributed by atoms with van der Waals surface area (Å²) in [5.41, 5.74) is 0.920. The molecule has 1 N–H and O–H groups in total. The maximum absolute atomic E-state index is 12.4. The molecule has 7 nitrogen and oxygen atoms in total. The molecule has 0 aliphatic carbocycles. The van der Waals surface area contributed by atoms with Crippen molar-refractivity contribution in [1.29, 1.82) is 0 Å². The molecule has 1 aliphatic rings. The van der Waals surface area contributed by atoms with Gasteiger partial charge in [-0.25, -0.2) is 23.5 Å². The number of aromatic nitrogens is 3. The van der Waals surface area contributed by atoms with Crippen LogP contribution in [0.4, 0.5) is 13.6 Å². The number of urea groups is 1. The first-order chi connectivity index (χ1) is 12.1. The van der Waals surface area contributed by atoms with Crippen molar-refractivity contribution in [1.82, 2.24) is 29.7 Å². The molecule has 3 heterocycles. The zero-order valence-corrected chi connectivity index (χ0v) is 13.7. The van der Waals surface area contributed by atoms with Gasteiger partial charge in [0.05, 0.1) is 6.54 Å². The lowest BCUT2D eigenvalue weighted by Gasteiger charge is -2.34. The Morgan fingerprint density at radius 1 is 1.24 bits per heavy atom. The minimum Gasteiger partial charge on any atom is -0.334 e. The number of alkyl halides is 2. The van der Waals surface area contributed by atoms with Crippen LogP contribution in [-0.2, 0) is 6.54 Å².